The molecule has 0 aliphatic carbocycles. The van der Waals surface area contributed by atoms with Gasteiger partial charge >= 0.3 is 0 Å². The lowest BCUT2D eigenvalue weighted by molar-refractivity contribution is 0.962. The largest absolute Gasteiger partial charge is 0.397 e. The lowest BCUT2D eigenvalue weighted by Gasteiger charge is -2.14. The molecule has 8 heteroatoms. The average Bonchev–Trinajstić information content (AvgIpc) is 3.35. The molecule has 0 saturated heterocycles. The van der Waals surface area contributed by atoms with Crippen molar-refractivity contribution in [3.8, 4) is 34.0 Å². The molecule has 1 radical (unpaired) electrons. The predicted octanol–water partition coefficient (Wildman–Crippen LogP) is 5.34. The van der Waals surface area contributed by atoms with E-state index in [1.165, 1.54) is 0 Å². The minimum atomic E-state index is -0.278. The van der Waals surface area contributed by atoms with Gasteiger partial charge < -0.3 is 5.73 Å². The van der Waals surface area contributed by atoms with Crippen molar-refractivity contribution in [3.63, 3.8) is 0 Å². The number of halogens is 1. The number of hydrogen-bond donors (Lipinski definition) is 1. The van der Waals surface area contributed by atoms with Gasteiger partial charge in [-0.3, -0.25) is 18.9 Å². The van der Waals surface area contributed by atoms with Crippen LogP contribution < -0.4 is 11.3 Å². The summed E-state index contributed by atoms with van der Waals surface area (Å²) in [5.74, 6) is 0.480. The Hall–Kier alpha value is -4.75. The van der Waals surface area contributed by atoms with Gasteiger partial charge in [-0.2, -0.15) is 0 Å². The van der Waals surface area contributed by atoms with Crippen LogP contribution in [0.5, 0.6) is 0 Å². The van der Waals surface area contributed by atoms with Crippen LogP contribution in [0.25, 0.3) is 45.2 Å². The molecule has 0 bridgehead atoms. The van der Waals surface area contributed by atoms with E-state index >= 15 is 0 Å². The molecule has 0 unspecified atom stereocenters. The third-order valence-electron chi connectivity index (χ3n) is 5.85. The van der Waals surface area contributed by atoms with Gasteiger partial charge in [0.05, 0.1) is 23.3 Å². The van der Waals surface area contributed by atoms with Gasteiger partial charge in [0.25, 0.3) is 5.56 Å². The SMILES string of the molecule is Nc1ccc(-c2ccc(-c3nc4c(ncn4-c4c[c]ccc4)c(=O)n3-c3ccc(Cl)cc3)cc2)nc1. The zero-order valence-corrected chi connectivity index (χ0v) is 19.6. The van der Waals surface area contributed by atoms with E-state index in [1.807, 2.05) is 60.7 Å². The van der Waals surface area contributed by atoms with Gasteiger partial charge in [0.1, 0.15) is 12.2 Å². The van der Waals surface area contributed by atoms with Crippen molar-refractivity contribution in [2.45, 2.75) is 0 Å². The lowest BCUT2D eigenvalue weighted by atomic mass is 10.1. The predicted molar refractivity (Wildman–Crippen MR) is 141 cm³/mol. The van der Waals surface area contributed by atoms with Crippen molar-refractivity contribution in [2.24, 2.45) is 0 Å². The molecule has 2 N–H and O–H groups in total. The van der Waals surface area contributed by atoms with Gasteiger partial charge in [-0.05, 0) is 54.6 Å². The molecule has 3 aromatic heterocycles. The van der Waals surface area contributed by atoms with Crippen LogP contribution >= 0.6 is 11.6 Å². The number of anilines is 1. The molecular weight excluding hydrogens is 472 g/mol. The Kier molecular flexibility index (Phi) is 5.32. The first-order valence-corrected chi connectivity index (χ1v) is 11.5. The van der Waals surface area contributed by atoms with Gasteiger partial charge in [-0.15, -0.1) is 0 Å². The second-order valence-corrected chi connectivity index (χ2v) is 8.59. The summed E-state index contributed by atoms with van der Waals surface area (Å²) in [4.78, 5) is 27.5. The molecular formula is C28H18ClN6O. The van der Waals surface area contributed by atoms with Crippen LogP contribution in [0.15, 0.2) is 102 Å². The molecule has 0 aliphatic heterocycles. The van der Waals surface area contributed by atoms with Crippen LogP contribution in [0.4, 0.5) is 5.69 Å². The molecule has 6 rings (SSSR count). The van der Waals surface area contributed by atoms with Crippen LogP contribution in [0.3, 0.4) is 0 Å². The van der Waals surface area contributed by atoms with E-state index in [4.69, 9.17) is 22.3 Å². The van der Waals surface area contributed by atoms with Crippen LogP contribution in [0.1, 0.15) is 0 Å². The highest BCUT2D eigenvalue weighted by atomic mass is 35.5. The Morgan fingerprint density at radius 2 is 1.64 bits per heavy atom. The average molecular weight is 490 g/mol. The molecule has 173 valence electrons. The van der Waals surface area contributed by atoms with Crippen molar-refractivity contribution >= 4 is 28.5 Å². The quantitative estimate of drug-likeness (QED) is 0.361. The number of benzene rings is 3. The maximum atomic E-state index is 13.8. The summed E-state index contributed by atoms with van der Waals surface area (Å²) in [6.07, 6.45) is 3.23. The zero-order chi connectivity index (χ0) is 24.6. The van der Waals surface area contributed by atoms with E-state index in [0.29, 0.717) is 27.9 Å². The van der Waals surface area contributed by atoms with E-state index in [2.05, 4.69) is 16.0 Å². The topological polar surface area (TPSA) is 91.6 Å². The standard InChI is InChI=1S/C28H18ClN6O/c29-20-10-13-23(14-11-20)35-26(19-8-6-18(7-9-19)24-15-12-21(30)16-31-24)33-27-25(28(35)36)32-17-34(27)22-4-2-1-3-5-22/h1-2,4-17H,30H2. The first-order valence-electron chi connectivity index (χ1n) is 11.1. The molecule has 3 heterocycles. The highest BCUT2D eigenvalue weighted by Crippen LogP contribution is 2.26. The van der Waals surface area contributed by atoms with Crippen molar-refractivity contribution in [1.82, 2.24) is 24.1 Å². The summed E-state index contributed by atoms with van der Waals surface area (Å²) in [6.45, 7) is 0. The smallest absolute Gasteiger partial charge is 0.286 e. The number of hydrogen-bond acceptors (Lipinski definition) is 5. The number of imidazole rings is 1. The molecule has 0 saturated carbocycles. The van der Waals surface area contributed by atoms with E-state index < -0.39 is 0 Å². The Labute approximate surface area is 211 Å². The zero-order valence-electron chi connectivity index (χ0n) is 18.8. The number of nitrogen functional groups attached to an aromatic ring is 1. The first kappa shape index (κ1) is 21.8. The normalized spacial score (nSPS) is 11.1. The summed E-state index contributed by atoms with van der Waals surface area (Å²) in [5.41, 5.74) is 10.8. The van der Waals surface area contributed by atoms with Crippen LogP contribution in [0, 0.1) is 6.07 Å². The van der Waals surface area contributed by atoms with Gasteiger partial charge in [0, 0.05) is 21.8 Å². The maximum Gasteiger partial charge on any atom is 0.286 e. The second kappa shape index (κ2) is 8.79. The Morgan fingerprint density at radius 1 is 0.861 bits per heavy atom. The van der Waals surface area contributed by atoms with Crippen molar-refractivity contribution < 1.29 is 0 Å². The molecule has 0 atom stereocenters. The third kappa shape index (κ3) is 3.81. The monoisotopic (exact) mass is 489 g/mol. The summed E-state index contributed by atoms with van der Waals surface area (Å²) < 4.78 is 3.35. The number of nitrogens with two attached hydrogens (primary N) is 1. The number of pyridine rings is 1. The van der Waals surface area contributed by atoms with E-state index in [1.54, 1.807) is 45.9 Å². The van der Waals surface area contributed by atoms with Crippen LogP contribution in [-0.2, 0) is 0 Å². The fraction of sp³-hybridized carbons (Fsp3) is 0. The Bertz CT molecular complexity index is 1740. The fourth-order valence-electron chi connectivity index (χ4n) is 4.06. The number of fused-ring (bicyclic) bond motifs is 1. The highest BCUT2D eigenvalue weighted by molar-refractivity contribution is 6.30. The van der Waals surface area contributed by atoms with Crippen molar-refractivity contribution in [1.29, 1.82) is 0 Å². The molecule has 6 aromatic rings. The molecule has 7 nitrogen and oxygen atoms in total. The third-order valence-corrected chi connectivity index (χ3v) is 6.10. The molecule has 0 fully saturated rings. The minimum absolute atomic E-state index is 0.264. The van der Waals surface area contributed by atoms with Gasteiger partial charge in [-0.25, -0.2) is 9.97 Å². The van der Waals surface area contributed by atoms with E-state index in [0.717, 1.165) is 22.5 Å². The summed E-state index contributed by atoms with van der Waals surface area (Å²) in [5, 5.41) is 0.576. The van der Waals surface area contributed by atoms with Crippen molar-refractivity contribution in [3.05, 3.63) is 119 Å². The Balaban J connectivity index is 1.57. The van der Waals surface area contributed by atoms with Gasteiger partial charge in [0.2, 0.25) is 0 Å². The highest BCUT2D eigenvalue weighted by Gasteiger charge is 2.19. The molecule has 0 amide bonds. The summed E-state index contributed by atoms with van der Waals surface area (Å²) >= 11 is 6.11. The fourth-order valence-corrected chi connectivity index (χ4v) is 4.19. The molecule has 0 aliphatic rings. The van der Waals surface area contributed by atoms with Crippen LogP contribution in [-0.4, -0.2) is 24.1 Å². The lowest BCUT2D eigenvalue weighted by Crippen LogP contribution is -2.22. The van der Waals surface area contributed by atoms with E-state index in [-0.39, 0.29) is 11.1 Å². The number of nitrogens with zero attached hydrogens (tertiary/aromatic N) is 5. The second-order valence-electron chi connectivity index (χ2n) is 8.15. The first-order chi connectivity index (χ1) is 17.6. The van der Waals surface area contributed by atoms with Crippen LogP contribution in [0.2, 0.25) is 5.02 Å². The minimum Gasteiger partial charge on any atom is -0.397 e. The molecule has 3 aromatic carbocycles. The van der Waals surface area contributed by atoms with Gasteiger partial charge in [0.15, 0.2) is 11.2 Å². The number of aromatic nitrogens is 5. The van der Waals surface area contributed by atoms with Gasteiger partial charge in [-0.1, -0.05) is 48.0 Å². The van der Waals surface area contributed by atoms with Crippen molar-refractivity contribution in [2.75, 3.05) is 5.73 Å². The molecule has 36 heavy (non-hydrogen) atoms. The number of rotatable bonds is 4. The summed E-state index contributed by atoms with van der Waals surface area (Å²) in [6, 6.07) is 29.0. The maximum absolute atomic E-state index is 13.8. The summed E-state index contributed by atoms with van der Waals surface area (Å²) in [7, 11) is 0. The Morgan fingerprint density at radius 3 is 2.33 bits per heavy atom. The van der Waals surface area contributed by atoms with E-state index in [9.17, 15) is 4.79 Å². The molecule has 0 spiro atoms.